The fraction of sp³-hybridized carbons (Fsp3) is 0.417. The molecule has 4 nitrogen and oxygen atoms in total. The van der Waals surface area contributed by atoms with Gasteiger partial charge in [-0.25, -0.2) is 0 Å². The van der Waals surface area contributed by atoms with Gasteiger partial charge in [-0.15, -0.1) is 11.8 Å². The highest BCUT2D eigenvalue weighted by Crippen LogP contribution is 2.25. The van der Waals surface area contributed by atoms with Crippen molar-refractivity contribution in [3.05, 3.63) is 64.1 Å². The summed E-state index contributed by atoms with van der Waals surface area (Å²) in [4.78, 5) is 29.1. The third-order valence-electron chi connectivity index (χ3n) is 5.53. The molecule has 0 saturated heterocycles. The number of benzene rings is 2. The minimum atomic E-state index is -0.529. The molecule has 7 heteroatoms. The van der Waals surface area contributed by atoms with Crippen molar-refractivity contribution in [2.75, 3.05) is 5.75 Å². The normalized spacial score (nSPS) is 14.9. The summed E-state index contributed by atoms with van der Waals surface area (Å²) in [5, 5.41) is 4.06. The smallest absolute Gasteiger partial charge is 0.243 e. The maximum Gasteiger partial charge on any atom is 0.243 e. The summed E-state index contributed by atoms with van der Waals surface area (Å²) in [5.74, 6) is 0.110. The van der Waals surface area contributed by atoms with E-state index in [9.17, 15) is 9.59 Å². The van der Waals surface area contributed by atoms with Gasteiger partial charge in [0, 0.05) is 17.5 Å². The summed E-state index contributed by atoms with van der Waals surface area (Å²) in [6.07, 6.45) is 4.84. The Labute approximate surface area is 198 Å². The third-order valence-corrected chi connectivity index (χ3v) is 7.27. The van der Waals surface area contributed by atoms with Crippen LogP contribution in [0.1, 0.15) is 44.6 Å². The second kappa shape index (κ2) is 11.8. The van der Waals surface area contributed by atoms with Crippen molar-refractivity contribution >= 4 is 46.8 Å². The van der Waals surface area contributed by atoms with E-state index in [1.54, 1.807) is 17.0 Å². The van der Waals surface area contributed by atoms with Gasteiger partial charge >= 0.3 is 0 Å². The Kier molecular flexibility index (Phi) is 9.12. The Morgan fingerprint density at radius 1 is 1.10 bits per heavy atom. The first-order chi connectivity index (χ1) is 15.0. The molecule has 3 rings (SSSR count). The van der Waals surface area contributed by atoms with E-state index in [-0.39, 0.29) is 23.6 Å². The molecule has 2 amide bonds. The summed E-state index contributed by atoms with van der Waals surface area (Å²) in [5.41, 5.74) is 0.847. The monoisotopic (exact) mass is 478 g/mol. The molecule has 0 bridgehead atoms. The van der Waals surface area contributed by atoms with Crippen LogP contribution in [0.4, 0.5) is 0 Å². The van der Waals surface area contributed by atoms with Crippen LogP contribution < -0.4 is 5.32 Å². The van der Waals surface area contributed by atoms with E-state index in [2.05, 4.69) is 5.32 Å². The van der Waals surface area contributed by atoms with Crippen LogP contribution >= 0.6 is 35.0 Å². The number of hydrogen-bond donors (Lipinski definition) is 1. The zero-order valence-electron chi connectivity index (χ0n) is 17.7. The van der Waals surface area contributed by atoms with Gasteiger partial charge in [0.15, 0.2) is 0 Å². The van der Waals surface area contributed by atoms with Crippen molar-refractivity contribution in [1.82, 2.24) is 10.2 Å². The Hall–Kier alpha value is -1.69. The number of nitrogens with one attached hydrogen (secondary N) is 1. The first kappa shape index (κ1) is 24.0. The fourth-order valence-corrected chi connectivity index (χ4v) is 4.99. The van der Waals surface area contributed by atoms with Crippen LogP contribution in [-0.4, -0.2) is 34.6 Å². The van der Waals surface area contributed by atoms with Crippen LogP contribution in [0.3, 0.4) is 0 Å². The zero-order valence-corrected chi connectivity index (χ0v) is 20.0. The van der Waals surface area contributed by atoms with E-state index in [1.807, 2.05) is 43.3 Å². The maximum atomic E-state index is 13.3. The molecule has 0 unspecified atom stereocenters. The average molecular weight is 479 g/mol. The molecule has 31 heavy (non-hydrogen) atoms. The van der Waals surface area contributed by atoms with E-state index >= 15 is 0 Å². The van der Waals surface area contributed by atoms with Gasteiger partial charge in [-0.3, -0.25) is 9.59 Å². The predicted octanol–water partition coefficient (Wildman–Crippen LogP) is 5.95. The summed E-state index contributed by atoms with van der Waals surface area (Å²) in [6.45, 7) is 2.25. The van der Waals surface area contributed by atoms with Gasteiger partial charge in [-0.2, -0.15) is 0 Å². The molecule has 1 N–H and O–H groups in total. The second-order valence-corrected chi connectivity index (χ2v) is 9.65. The van der Waals surface area contributed by atoms with Crippen LogP contribution in [0.2, 0.25) is 10.0 Å². The van der Waals surface area contributed by atoms with Gasteiger partial charge in [-0.05, 0) is 49.1 Å². The fourth-order valence-electron chi connectivity index (χ4n) is 3.87. The molecule has 1 aliphatic rings. The lowest BCUT2D eigenvalue weighted by atomic mass is 10.1. The summed E-state index contributed by atoms with van der Waals surface area (Å²) in [7, 11) is 0. The third kappa shape index (κ3) is 6.90. The van der Waals surface area contributed by atoms with Crippen molar-refractivity contribution in [2.24, 2.45) is 0 Å². The molecule has 1 saturated carbocycles. The van der Waals surface area contributed by atoms with Crippen molar-refractivity contribution in [3.8, 4) is 0 Å². The Morgan fingerprint density at radius 3 is 2.45 bits per heavy atom. The van der Waals surface area contributed by atoms with E-state index in [4.69, 9.17) is 23.2 Å². The van der Waals surface area contributed by atoms with Gasteiger partial charge in [0.05, 0.1) is 15.8 Å². The molecule has 0 radical (unpaired) electrons. The van der Waals surface area contributed by atoms with Crippen LogP contribution in [0.5, 0.6) is 0 Å². The molecule has 1 aliphatic carbocycles. The highest BCUT2D eigenvalue weighted by molar-refractivity contribution is 8.00. The number of carbonyl (C=O) groups excluding carboxylic acids is 2. The number of halogens is 2. The largest absolute Gasteiger partial charge is 0.352 e. The molecular weight excluding hydrogens is 451 g/mol. The standard InChI is InChI=1S/C24H28Cl2N2O2S/c1-2-22(24(30)27-18-8-6-7-9-18)28(15-17-12-13-20(25)21(26)14-17)23(29)16-31-19-10-4-3-5-11-19/h3-5,10-14,18,22H,2,6-9,15-16H2,1H3,(H,27,30)/t22-/m0/s1. The number of carbonyl (C=O) groups is 2. The highest BCUT2D eigenvalue weighted by atomic mass is 35.5. The molecule has 0 heterocycles. The number of rotatable bonds is 9. The Bertz CT molecular complexity index is 888. The molecule has 0 aromatic heterocycles. The van der Waals surface area contributed by atoms with E-state index in [0.717, 1.165) is 36.1 Å². The SMILES string of the molecule is CC[C@@H](C(=O)NC1CCCC1)N(Cc1ccc(Cl)c(Cl)c1)C(=O)CSc1ccccc1. The molecular formula is C24H28Cl2N2O2S. The predicted molar refractivity (Wildman–Crippen MR) is 129 cm³/mol. The average Bonchev–Trinajstić information content (AvgIpc) is 3.28. The van der Waals surface area contributed by atoms with Crippen LogP contribution in [0.25, 0.3) is 0 Å². The van der Waals surface area contributed by atoms with Crippen molar-refractivity contribution in [2.45, 2.75) is 62.6 Å². The quantitative estimate of drug-likeness (QED) is 0.452. The molecule has 2 aromatic carbocycles. The molecule has 0 aliphatic heterocycles. The zero-order chi connectivity index (χ0) is 22.2. The van der Waals surface area contributed by atoms with Crippen molar-refractivity contribution < 1.29 is 9.59 Å². The maximum absolute atomic E-state index is 13.3. The Balaban J connectivity index is 1.77. The molecule has 166 valence electrons. The first-order valence-electron chi connectivity index (χ1n) is 10.7. The highest BCUT2D eigenvalue weighted by Gasteiger charge is 2.30. The lowest BCUT2D eigenvalue weighted by Gasteiger charge is -2.31. The van der Waals surface area contributed by atoms with Gasteiger partial charge < -0.3 is 10.2 Å². The molecule has 1 fully saturated rings. The molecule has 0 spiro atoms. The number of amides is 2. The summed E-state index contributed by atoms with van der Waals surface area (Å²) in [6, 6.07) is 14.8. The number of hydrogen-bond acceptors (Lipinski definition) is 3. The van der Waals surface area contributed by atoms with Crippen LogP contribution in [-0.2, 0) is 16.1 Å². The first-order valence-corrected chi connectivity index (χ1v) is 12.4. The van der Waals surface area contributed by atoms with Crippen molar-refractivity contribution in [3.63, 3.8) is 0 Å². The lowest BCUT2D eigenvalue weighted by molar-refractivity contribution is -0.139. The van der Waals surface area contributed by atoms with Gasteiger partial charge in [0.25, 0.3) is 0 Å². The summed E-state index contributed by atoms with van der Waals surface area (Å²) >= 11 is 13.7. The van der Waals surface area contributed by atoms with E-state index in [1.165, 1.54) is 11.8 Å². The molecule has 2 aromatic rings. The topological polar surface area (TPSA) is 49.4 Å². The van der Waals surface area contributed by atoms with E-state index in [0.29, 0.717) is 23.0 Å². The van der Waals surface area contributed by atoms with E-state index < -0.39 is 6.04 Å². The number of thioether (sulfide) groups is 1. The Morgan fingerprint density at radius 2 is 1.81 bits per heavy atom. The lowest BCUT2D eigenvalue weighted by Crippen LogP contribution is -2.51. The minimum Gasteiger partial charge on any atom is -0.352 e. The van der Waals surface area contributed by atoms with Crippen LogP contribution in [0, 0.1) is 0 Å². The van der Waals surface area contributed by atoms with Gasteiger partial charge in [0.1, 0.15) is 6.04 Å². The van der Waals surface area contributed by atoms with Gasteiger partial charge in [0.2, 0.25) is 11.8 Å². The van der Waals surface area contributed by atoms with Gasteiger partial charge in [-0.1, -0.05) is 67.2 Å². The minimum absolute atomic E-state index is 0.0756. The summed E-state index contributed by atoms with van der Waals surface area (Å²) < 4.78 is 0. The number of nitrogens with zero attached hydrogens (tertiary/aromatic N) is 1. The van der Waals surface area contributed by atoms with Crippen LogP contribution in [0.15, 0.2) is 53.4 Å². The van der Waals surface area contributed by atoms with Crippen molar-refractivity contribution in [1.29, 1.82) is 0 Å². The molecule has 1 atom stereocenters. The second-order valence-electron chi connectivity index (χ2n) is 7.79.